The summed E-state index contributed by atoms with van der Waals surface area (Å²) in [6, 6.07) is 16.9. The molecule has 0 unspecified atom stereocenters. The van der Waals surface area contributed by atoms with E-state index in [9.17, 15) is 18.8 Å². The minimum Gasteiger partial charge on any atom is -0.469 e. The Bertz CT molecular complexity index is 1080. The van der Waals surface area contributed by atoms with Gasteiger partial charge < -0.3 is 15.1 Å². The number of carbonyl (C=O) groups excluding carboxylic acids is 3. The van der Waals surface area contributed by atoms with E-state index in [-0.39, 0.29) is 24.1 Å². The van der Waals surface area contributed by atoms with Gasteiger partial charge in [0, 0.05) is 12.5 Å². The number of carbonyl (C=O) groups is 3. The molecule has 1 saturated heterocycles. The molecule has 0 radical (unpaired) electrons. The Balaban J connectivity index is 1.34. The highest BCUT2D eigenvalue weighted by molar-refractivity contribution is 6.22. The second kappa shape index (κ2) is 9.47. The number of rotatable bonds is 8. The average molecular weight is 435 g/mol. The molecule has 164 valence electrons. The molecule has 1 aliphatic rings. The molecule has 4 amide bonds. The fourth-order valence-electron chi connectivity index (χ4n) is 3.76. The van der Waals surface area contributed by atoms with E-state index in [0.29, 0.717) is 24.4 Å². The van der Waals surface area contributed by atoms with E-state index in [2.05, 4.69) is 10.6 Å². The van der Waals surface area contributed by atoms with Crippen LogP contribution in [0.15, 0.2) is 77.4 Å². The number of benzene rings is 2. The monoisotopic (exact) mass is 435 g/mol. The lowest BCUT2D eigenvalue weighted by Gasteiger charge is -2.16. The maximum atomic E-state index is 13.3. The summed E-state index contributed by atoms with van der Waals surface area (Å²) >= 11 is 0. The number of nitrogens with zero attached hydrogens (tertiary/aromatic N) is 1. The van der Waals surface area contributed by atoms with E-state index >= 15 is 0 Å². The number of hydrogen-bond donors (Lipinski definition) is 2. The van der Waals surface area contributed by atoms with Crippen LogP contribution < -0.4 is 15.5 Å². The number of imide groups is 1. The van der Waals surface area contributed by atoms with Crippen LogP contribution in [0.4, 0.5) is 14.9 Å². The van der Waals surface area contributed by atoms with Crippen LogP contribution in [0.25, 0.3) is 0 Å². The van der Waals surface area contributed by atoms with Gasteiger partial charge in [-0.3, -0.25) is 9.59 Å². The molecule has 1 aliphatic heterocycles. The third-order valence-electron chi connectivity index (χ3n) is 5.34. The highest BCUT2D eigenvalue weighted by atomic mass is 19.1. The van der Waals surface area contributed by atoms with Crippen LogP contribution in [-0.4, -0.2) is 30.4 Å². The summed E-state index contributed by atoms with van der Waals surface area (Å²) in [5.41, 5.74) is 1.32. The predicted octanol–water partition coefficient (Wildman–Crippen LogP) is 3.57. The molecule has 32 heavy (non-hydrogen) atoms. The fraction of sp³-hybridized carbons (Fsp3) is 0.208. The predicted molar refractivity (Wildman–Crippen MR) is 115 cm³/mol. The number of anilines is 1. The molecule has 0 bridgehead atoms. The summed E-state index contributed by atoms with van der Waals surface area (Å²) in [6.45, 7) is 0.318. The lowest BCUT2D eigenvalue weighted by molar-refractivity contribution is -0.125. The number of para-hydroxylation sites is 1. The molecule has 0 spiro atoms. The third kappa shape index (κ3) is 4.69. The highest BCUT2D eigenvalue weighted by Gasteiger charge is 2.39. The first-order chi connectivity index (χ1) is 15.5. The molecule has 2 N–H and O–H groups in total. The van der Waals surface area contributed by atoms with Gasteiger partial charge >= 0.3 is 6.03 Å². The maximum absolute atomic E-state index is 13.3. The maximum Gasteiger partial charge on any atom is 0.329 e. The van der Waals surface area contributed by atoms with Crippen molar-refractivity contribution in [3.05, 3.63) is 90.1 Å². The zero-order valence-corrected chi connectivity index (χ0v) is 17.2. The molecule has 1 aromatic heterocycles. The van der Waals surface area contributed by atoms with E-state index < -0.39 is 18.0 Å². The molecule has 8 heteroatoms. The van der Waals surface area contributed by atoms with Gasteiger partial charge in [-0.25, -0.2) is 14.1 Å². The third-order valence-corrected chi connectivity index (χ3v) is 5.34. The zero-order chi connectivity index (χ0) is 22.5. The second-order valence-corrected chi connectivity index (χ2v) is 7.47. The number of halogens is 1. The van der Waals surface area contributed by atoms with Crippen molar-refractivity contribution in [3.63, 3.8) is 0 Å². The van der Waals surface area contributed by atoms with Crippen molar-refractivity contribution in [2.45, 2.75) is 24.8 Å². The minimum absolute atomic E-state index is 0.157. The van der Waals surface area contributed by atoms with Gasteiger partial charge in [0.15, 0.2) is 0 Å². The van der Waals surface area contributed by atoms with Crippen LogP contribution >= 0.6 is 0 Å². The lowest BCUT2D eigenvalue weighted by Crippen LogP contribution is -2.37. The largest absolute Gasteiger partial charge is 0.469 e. The molecule has 3 aromatic rings. The first-order valence-corrected chi connectivity index (χ1v) is 10.3. The summed E-state index contributed by atoms with van der Waals surface area (Å²) in [4.78, 5) is 38.3. The van der Waals surface area contributed by atoms with E-state index in [1.165, 1.54) is 12.1 Å². The number of furan rings is 1. The van der Waals surface area contributed by atoms with Gasteiger partial charge in [0.05, 0.1) is 18.4 Å². The number of amides is 4. The van der Waals surface area contributed by atoms with Crippen molar-refractivity contribution in [1.82, 2.24) is 10.6 Å². The number of hydrogen-bond acceptors (Lipinski definition) is 4. The molecule has 0 aliphatic carbocycles. The summed E-state index contributed by atoms with van der Waals surface area (Å²) in [6.07, 6.45) is 1.93. The Morgan fingerprint density at radius 1 is 1.06 bits per heavy atom. The van der Waals surface area contributed by atoms with Crippen molar-refractivity contribution >= 4 is 23.5 Å². The van der Waals surface area contributed by atoms with E-state index in [0.717, 1.165) is 10.5 Å². The van der Waals surface area contributed by atoms with E-state index in [1.54, 1.807) is 54.8 Å². The molecular formula is C24H22FN3O4. The Labute approximate surface area is 184 Å². The SMILES string of the molecule is O=C(C[C@H]1NC(=O)N(c2ccccc2)C1=O)NCC[C@H](c1ccc(F)cc1)c1ccco1. The Hall–Kier alpha value is -3.94. The zero-order valence-electron chi connectivity index (χ0n) is 17.2. The first kappa shape index (κ1) is 21.3. The molecule has 1 fully saturated rings. The Morgan fingerprint density at radius 3 is 2.50 bits per heavy atom. The van der Waals surface area contributed by atoms with E-state index in [4.69, 9.17) is 4.42 Å². The van der Waals surface area contributed by atoms with Crippen molar-refractivity contribution in [3.8, 4) is 0 Å². The van der Waals surface area contributed by atoms with Crippen LogP contribution in [-0.2, 0) is 9.59 Å². The summed E-state index contributed by atoms with van der Waals surface area (Å²) < 4.78 is 18.8. The molecule has 4 rings (SSSR count). The van der Waals surface area contributed by atoms with Crippen LogP contribution in [0.3, 0.4) is 0 Å². The van der Waals surface area contributed by atoms with Gasteiger partial charge in [0.25, 0.3) is 5.91 Å². The smallest absolute Gasteiger partial charge is 0.329 e. The van der Waals surface area contributed by atoms with Crippen molar-refractivity contribution in [2.75, 3.05) is 11.4 Å². The van der Waals surface area contributed by atoms with Crippen molar-refractivity contribution in [2.24, 2.45) is 0 Å². The fourth-order valence-corrected chi connectivity index (χ4v) is 3.76. The van der Waals surface area contributed by atoms with Crippen LogP contribution in [0.2, 0.25) is 0 Å². The van der Waals surface area contributed by atoms with Gasteiger partial charge in [-0.05, 0) is 48.4 Å². The van der Waals surface area contributed by atoms with Crippen LogP contribution in [0.5, 0.6) is 0 Å². The topological polar surface area (TPSA) is 91.7 Å². The number of nitrogens with one attached hydrogen (secondary N) is 2. The Morgan fingerprint density at radius 2 is 1.81 bits per heavy atom. The Kier molecular flexibility index (Phi) is 6.30. The van der Waals surface area contributed by atoms with Crippen molar-refractivity contribution < 1.29 is 23.2 Å². The standard InChI is InChI=1S/C24H22FN3O4/c25-17-10-8-16(9-11-17)19(21-7-4-14-32-21)12-13-26-22(29)15-20-23(30)28(24(31)27-20)18-5-2-1-3-6-18/h1-11,14,19-20H,12-13,15H2,(H,26,29)(H,27,31)/t19-,20-/m1/s1. The first-order valence-electron chi connectivity index (χ1n) is 10.3. The second-order valence-electron chi connectivity index (χ2n) is 7.47. The summed E-state index contributed by atoms with van der Waals surface area (Å²) in [5, 5.41) is 5.36. The summed E-state index contributed by atoms with van der Waals surface area (Å²) in [5.74, 6) is -0.588. The molecular weight excluding hydrogens is 413 g/mol. The van der Waals surface area contributed by atoms with Gasteiger partial charge in [0.1, 0.15) is 17.6 Å². The molecule has 2 heterocycles. The molecule has 2 aromatic carbocycles. The highest BCUT2D eigenvalue weighted by Crippen LogP contribution is 2.28. The van der Waals surface area contributed by atoms with Gasteiger partial charge in [-0.1, -0.05) is 30.3 Å². The van der Waals surface area contributed by atoms with Gasteiger partial charge in [-0.15, -0.1) is 0 Å². The van der Waals surface area contributed by atoms with Crippen molar-refractivity contribution in [1.29, 1.82) is 0 Å². The van der Waals surface area contributed by atoms with E-state index in [1.807, 2.05) is 6.07 Å². The number of urea groups is 1. The molecule has 0 saturated carbocycles. The normalized spacial score (nSPS) is 16.7. The average Bonchev–Trinajstić information content (AvgIpc) is 3.41. The molecule has 7 nitrogen and oxygen atoms in total. The molecule has 2 atom stereocenters. The lowest BCUT2D eigenvalue weighted by atomic mass is 9.93. The minimum atomic E-state index is -0.916. The van der Waals surface area contributed by atoms with Gasteiger partial charge in [-0.2, -0.15) is 0 Å². The van der Waals surface area contributed by atoms with Crippen LogP contribution in [0.1, 0.15) is 30.1 Å². The van der Waals surface area contributed by atoms with Gasteiger partial charge in [0.2, 0.25) is 5.91 Å². The summed E-state index contributed by atoms with van der Waals surface area (Å²) in [7, 11) is 0. The quantitative estimate of drug-likeness (QED) is 0.529. The van der Waals surface area contributed by atoms with Crippen LogP contribution in [0, 0.1) is 5.82 Å².